The van der Waals surface area contributed by atoms with E-state index in [1.54, 1.807) is 36.4 Å². The van der Waals surface area contributed by atoms with Crippen LogP contribution in [0.15, 0.2) is 133 Å². The second kappa shape index (κ2) is 13.8. The average Bonchev–Trinajstić information content (AvgIpc) is 3.15. The minimum Gasteiger partial charge on any atom is -0.166 e. The summed E-state index contributed by atoms with van der Waals surface area (Å²) in [5, 5.41) is 3.23. The van der Waals surface area contributed by atoms with Crippen LogP contribution in [0.25, 0.3) is 76.8 Å². The Balaban J connectivity index is 0.00000496. The Morgan fingerprint density at radius 2 is 0.421 bits per heavy atom. The fourth-order valence-electron chi connectivity index (χ4n) is 7.30. The predicted molar refractivity (Wildman–Crippen MR) is 203 cm³/mol. The van der Waals surface area contributed by atoms with E-state index in [1.165, 1.54) is 48.5 Å². The molecule has 0 aromatic heterocycles. The van der Waals surface area contributed by atoms with Gasteiger partial charge in [0.1, 0.15) is 0 Å². The molecule has 8 aromatic carbocycles. The molecule has 13 heteroatoms. The summed E-state index contributed by atoms with van der Waals surface area (Å²) >= 11 is 0. The van der Waals surface area contributed by atoms with E-state index in [0.717, 1.165) is 48.5 Å². The zero-order chi connectivity index (χ0) is 39.9. The largest absolute Gasteiger partial charge is 0.416 e. The van der Waals surface area contributed by atoms with Gasteiger partial charge in [-0.2, -0.15) is 62.6 Å². The molecule has 57 heavy (non-hydrogen) atoms. The van der Waals surface area contributed by atoms with Gasteiger partial charge in [-0.3, -0.25) is 0 Å². The van der Waals surface area contributed by atoms with Crippen LogP contribution in [-0.2, 0) is 24.7 Å². The van der Waals surface area contributed by atoms with Gasteiger partial charge >= 0.3 is 24.7 Å². The van der Waals surface area contributed by atoms with Gasteiger partial charge in [-0.15, -0.1) is 0 Å². The van der Waals surface area contributed by atoms with Crippen molar-refractivity contribution < 1.29 is 52.7 Å². The third-order valence-corrected chi connectivity index (χ3v) is 9.99. The third-order valence-electron chi connectivity index (χ3n) is 9.99. The molecule has 1 atom stereocenters. The Bertz CT molecular complexity index is 2360. The molecule has 0 nitrogen and oxygen atoms in total. The Morgan fingerprint density at radius 1 is 0.246 bits per heavy atom. The Hall–Kier alpha value is -5.61. The summed E-state index contributed by atoms with van der Waals surface area (Å²) in [4.78, 5) is 0. The highest BCUT2D eigenvalue weighted by molar-refractivity contribution is 6.92. The van der Waals surface area contributed by atoms with Crippen LogP contribution in [0.3, 0.4) is 0 Å². The van der Waals surface area contributed by atoms with Crippen molar-refractivity contribution >= 4 is 42.2 Å². The highest BCUT2D eigenvalue weighted by Crippen LogP contribution is 2.49. The van der Waals surface area contributed by atoms with Gasteiger partial charge < -0.3 is 0 Å². The quantitative estimate of drug-likeness (QED) is 0.0943. The summed E-state index contributed by atoms with van der Waals surface area (Å²) in [7, 11) is 0. The van der Waals surface area contributed by atoms with E-state index in [4.69, 9.17) is 0 Å². The molecule has 0 amide bonds. The molecule has 290 valence electrons. The van der Waals surface area contributed by atoms with Crippen molar-refractivity contribution in [1.29, 1.82) is 0 Å². The zero-order valence-electron chi connectivity index (χ0n) is 28.9. The van der Waals surface area contributed by atoms with Crippen molar-refractivity contribution in [2.45, 2.75) is 24.7 Å². The maximum atomic E-state index is 13.6. The van der Waals surface area contributed by atoms with Gasteiger partial charge in [0.15, 0.2) is 0 Å². The van der Waals surface area contributed by atoms with E-state index >= 15 is 0 Å². The molecule has 0 saturated heterocycles. The maximum Gasteiger partial charge on any atom is 0.416 e. The molecule has 0 N–H and O–H groups in total. The van der Waals surface area contributed by atoms with Gasteiger partial charge in [0, 0.05) is 0 Å². The van der Waals surface area contributed by atoms with Gasteiger partial charge in [-0.25, -0.2) is 0 Å². The monoisotopic (exact) mass is 812 g/mol. The normalized spacial score (nSPS) is 12.8. The average molecular weight is 813 g/mol. The lowest BCUT2D eigenvalue weighted by molar-refractivity contribution is -0.138. The van der Waals surface area contributed by atoms with E-state index in [2.05, 4.69) is 0 Å². The van der Waals surface area contributed by atoms with Crippen LogP contribution in [0.5, 0.6) is 0 Å². The van der Waals surface area contributed by atoms with E-state index in [0.29, 0.717) is 76.8 Å². The lowest BCUT2D eigenvalue weighted by Gasteiger charge is -2.22. The first-order valence-electron chi connectivity index (χ1n) is 16.8. The van der Waals surface area contributed by atoms with Gasteiger partial charge in [0.25, 0.3) is 0 Å². The van der Waals surface area contributed by atoms with E-state index < -0.39 is 47.0 Å². The first-order valence-corrected chi connectivity index (χ1v) is 16.8. The van der Waals surface area contributed by atoms with Crippen LogP contribution >= 0.6 is 9.90 Å². The van der Waals surface area contributed by atoms with Crippen molar-refractivity contribution in [2.75, 3.05) is 0 Å². The Kier molecular flexibility index (Phi) is 9.59. The summed E-state index contributed by atoms with van der Waals surface area (Å²) < 4.78 is 163. The number of hydrogen-bond donors (Lipinski definition) is 0. The van der Waals surface area contributed by atoms with Crippen LogP contribution in [-0.4, -0.2) is 0 Å². The lowest BCUT2D eigenvalue weighted by atomic mass is 9.81. The van der Waals surface area contributed by atoms with E-state index in [-0.39, 0.29) is 9.90 Å². The molecule has 0 spiro atoms. The van der Waals surface area contributed by atoms with Crippen LogP contribution in [0, 0.1) is 0 Å². The smallest absolute Gasteiger partial charge is 0.166 e. The predicted octanol–water partition coefficient (Wildman–Crippen LogP) is 15.4. The fourth-order valence-corrected chi connectivity index (χ4v) is 7.30. The molecule has 0 heterocycles. The van der Waals surface area contributed by atoms with Crippen LogP contribution in [0.1, 0.15) is 22.3 Å². The molecule has 8 rings (SSSR count). The standard InChI is InChI=1S/C44H22F12.H3P/c45-41(46,47)27-9-1-23(2-10-27)35-21-36(24-3-11-28(12-4-24)42(48,49)50)32-19-20-34-38(26-7-15-30(16-8-26)44(54,55)56)22-37(33-18-17-31(35)39(32)40(33)34)25-5-13-29(14-6-25)43(51,52)53;/h1-22H;1H3. The number of halogens is 12. The summed E-state index contributed by atoms with van der Waals surface area (Å²) in [5.74, 6) is 0. The number of alkyl halides is 12. The topological polar surface area (TPSA) is 0 Å². The first-order chi connectivity index (χ1) is 26.3. The Labute approximate surface area is 319 Å². The lowest BCUT2D eigenvalue weighted by Crippen LogP contribution is -2.04. The molecule has 0 radical (unpaired) electrons. The van der Waals surface area contributed by atoms with Gasteiger partial charge in [-0.05, 0) is 137 Å². The molecular weight excluding hydrogens is 787 g/mol. The summed E-state index contributed by atoms with van der Waals surface area (Å²) in [6.45, 7) is 0. The van der Waals surface area contributed by atoms with Crippen LogP contribution < -0.4 is 0 Å². The van der Waals surface area contributed by atoms with E-state index in [9.17, 15) is 52.7 Å². The minimum atomic E-state index is -4.63. The van der Waals surface area contributed by atoms with E-state index in [1.807, 2.05) is 0 Å². The van der Waals surface area contributed by atoms with Crippen LogP contribution in [0.4, 0.5) is 52.7 Å². The SMILES string of the molecule is FC(F)(F)c1ccc(-c2cc(-c3ccc(C(F)(F)F)cc3)c3ccc4c(-c5ccc(C(F)(F)F)cc5)cc(-c5ccc(C(F)(F)F)cc5)c5ccc2c3c54)cc1.P. The van der Waals surface area contributed by atoms with Gasteiger partial charge in [0.05, 0.1) is 22.3 Å². The number of rotatable bonds is 4. The van der Waals surface area contributed by atoms with Crippen molar-refractivity contribution in [3.05, 3.63) is 156 Å². The van der Waals surface area contributed by atoms with Crippen molar-refractivity contribution in [3.8, 4) is 44.5 Å². The summed E-state index contributed by atoms with van der Waals surface area (Å²) in [6.07, 6.45) is -18.5. The number of hydrogen-bond acceptors (Lipinski definition) is 0. The molecule has 0 aliphatic rings. The first kappa shape index (κ1) is 39.6. The Morgan fingerprint density at radius 3 is 0.579 bits per heavy atom. The second-order valence-electron chi connectivity index (χ2n) is 13.3. The number of benzene rings is 8. The van der Waals surface area contributed by atoms with Gasteiger partial charge in [0.2, 0.25) is 0 Å². The maximum absolute atomic E-state index is 13.6. The molecule has 0 aliphatic carbocycles. The van der Waals surface area contributed by atoms with Crippen molar-refractivity contribution in [2.24, 2.45) is 0 Å². The van der Waals surface area contributed by atoms with Crippen LogP contribution in [0.2, 0.25) is 0 Å². The molecule has 0 fully saturated rings. The van der Waals surface area contributed by atoms with Crippen molar-refractivity contribution in [1.82, 2.24) is 0 Å². The summed E-state index contributed by atoms with van der Waals surface area (Å²) in [5.41, 5.74) is -0.423. The highest BCUT2D eigenvalue weighted by atomic mass is 31.0. The summed E-state index contributed by atoms with van der Waals surface area (Å²) in [6, 6.07) is 27.8. The van der Waals surface area contributed by atoms with Crippen molar-refractivity contribution in [3.63, 3.8) is 0 Å². The molecular formula is C44H25F12P. The minimum absolute atomic E-state index is 0. The second-order valence-corrected chi connectivity index (χ2v) is 13.3. The van der Waals surface area contributed by atoms with Gasteiger partial charge in [-0.1, -0.05) is 72.8 Å². The molecule has 1 unspecified atom stereocenters. The molecule has 0 saturated carbocycles. The highest BCUT2D eigenvalue weighted by Gasteiger charge is 2.33. The zero-order valence-corrected chi connectivity index (χ0v) is 30.4. The molecule has 8 aromatic rings. The molecule has 0 aliphatic heterocycles. The third kappa shape index (κ3) is 7.16. The molecule has 0 bridgehead atoms. The fraction of sp³-hybridized carbons (Fsp3) is 0.0909.